The molecular formula is C12H14N4O2. The van der Waals surface area contributed by atoms with E-state index in [2.05, 4.69) is 10.3 Å². The maximum atomic E-state index is 6.18. The highest BCUT2D eigenvalue weighted by atomic mass is 16.6. The van der Waals surface area contributed by atoms with Crippen LogP contribution >= 0.6 is 0 Å². The minimum Gasteiger partial charge on any atom is -0.486 e. The average molecular weight is 246 g/mol. The monoisotopic (exact) mass is 246 g/mol. The molecule has 0 radical (unpaired) electrons. The van der Waals surface area contributed by atoms with Gasteiger partial charge in [0.2, 0.25) is 5.79 Å². The molecule has 1 aromatic carbocycles. The highest BCUT2D eigenvalue weighted by Crippen LogP contribution is 2.33. The van der Waals surface area contributed by atoms with Gasteiger partial charge in [0.1, 0.15) is 19.0 Å². The van der Waals surface area contributed by atoms with Gasteiger partial charge in [0.05, 0.1) is 0 Å². The Morgan fingerprint density at radius 1 is 1.22 bits per heavy atom. The third-order valence-corrected chi connectivity index (χ3v) is 2.85. The standard InChI is InChI=1S/C12H14N4O2/c13-11-3-4-15-12(14,16-11)8-1-2-9-10(7-8)18-6-5-17-9/h1-4,7,15H,5-6,14H2,(H2,13,16). The van der Waals surface area contributed by atoms with Crippen LogP contribution in [0, 0.1) is 0 Å². The Morgan fingerprint density at radius 3 is 2.78 bits per heavy atom. The molecule has 2 aliphatic rings. The molecule has 1 atom stereocenters. The molecular weight excluding hydrogens is 232 g/mol. The normalized spacial score (nSPS) is 25.3. The summed E-state index contributed by atoms with van der Waals surface area (Å²) in [5, 5.41) is 2.98. The maximum absolute atomic E-state index is 6.18. The highest BCUT2D eigenvalue weighted by molar-refractivity contribution is 5.92. The second kappa shape index (κ2) is 3.92. The summed E-state index contributed by atoms with van der Waals surface area (Å²) in [7, 11) is 0. The van der Waals surface area contributed by atoms with Crippen LogP contribution in [-0.2, 0) is 5.79 Å². The predicted octanol–water partition coefficient (Wildman–Crippen LogP) is 0.000900. The SMILES string of the molecule is NC1=NC(N)(c2ccc3c(c2)OCCO3)NC=C1. The first-order valence-electron chi connectivity index (χ1n) is 5.66. The Labute approximate surface area is 104 Å². The molecule has 94 valence electrons. The molecule has 5 N–H and O–H groups in total. The van der Waals surface area contributed by atoms with Crippen LogP contribution in [0.4, 0.5) is 0 Å². The zero-order valence-corrected chi connectivity index (χ0v) is 9.72. The predicted molar refractivity (Wildman–Crippen MR) is 67.2 cm³/mol. The lowest BCUT2D eigenvalue weighted by Crippen LogP contribution is -2.49. The van der Waals surface area contributed by atoms with E-state index in [0.717, 1.165) is 11.3 Å². The van der Waals surface area contributed by atoms with Crippen molar-refractivity contribution >= 4 is 5.84 Å². The number of hydrogen-bond donors (Lipinski definition) is 3. The molecule has 0 bridgehead atoms. The van der Waals surface area contributed by atoms with Gasteiger partial charge in [-0.15, -0.1) is 0 Å². The molecule has 0 saturated heterocycles. The molecule has 6 heteroatoms. The van der Waals surface area contributed by atoms with Crippen LogP contribution in [0.1, 0.15) is 5.56 Å². The molecule has 0 spiro atoms. The summed E-state index contributed by atoms with van der Waals surface area (Å²) in [6.45, 7) is 1.10. The molecule has 3 rings (SSSR count). The van der Waals surface area contributed by atoms with Gasteiger partial charge >= 0.3 is 0 Å². The van der Waals surface area contributed by atoms with Crippen molar-refractivity contribution in [2.24, 2.45) is 16.5 Å². The molecule has 0 aromatic heterocycles. The van der Waals surface area contributed by atoms with Gasteiger partial charge < -0.3 is 20.5 Å². The van der Waals surface area contributed by atoms with E-state index in [-0.39, 0.29) is 0 Å². The van der Waals surface area contributed by atoms with Gasteiger partial charge in [-0.05, 0) is 24.3 Å². The quantitative estimate of drug-likeness (QED) is 0.648. The Hall–Kier alpha value is -2.21. The van der Waals surface area contributed by atoms with Crippen LogP contribution in [0.2, 0.25) is 0 Å². The van der Waals surface area contributed by atoms with Crippen LogP contribution in [0.3, 0.4) is 0 Å². The van der Waals surface area contributed by atoms with E-state index in [1.807, 2.05) is 18.2 Å². The van der Waals surface area contributed by atoms with Gasteiger partial charge in [-0.2, -0.15) is 0 Å². The van der Waals surface area contributed by atoms with Gasteiger partial charge in [0.15, 0.2) is 11.5 Å². The fraction of sp³-hybridized carbons (Fsp3) is 0.250. The van der Waals surface area contributed by atoms with E-state index in [1.54, 1.807) is 12.3 Å². The number of nitrogens with zero attached hydrogens (tertiary/aromatic N) is 1. The lowest BCUT2D eigenvalue weighted by molar-refractivity contribution is 0.171. The van der Waals surface area contributed by atoms with Crippen LogP contribution < -0.4 is 26.3 Å². The van der Waals surface area contributed by atoms with Crippen molar-refractivity contribution in [3.8, 4) is 11.5 Å². The van der Waals surface area contributed by atoms with Gasteiger partial charge in [-0.1, -0.05) is 0 Å². The number of fused-ring (bicyclic) bond motifs is 1. The number of benzene rings is 1. The summed E-state index contributed by atoms with van der Waals surface area (Å²) in [6.07, 6.45) is 3.34. The van der Waals surface area contributed by atoms with E-state index in [1.165, 1.54) is 0 Å². The number of aliphatic imine (C=N–C) groups is 1. The molecule has 18 heavy (non-hydrogen) atoms. The molecule has 6 nitrogen and oxygen atoms in total. The van der Waals surface area contributed by atoms with Crippen LogP contribution in [0.5, 0.6) is 11.5 Å². The first-order valence-corrected chi connectivity index (χ1v) is 5.66. The number of nitrogens with two attached hydrogens (primary N) is 2. The molecule has 0 fully saturated rings. The third kappa shape index (κ3) is 1.76. The number of ether oxygens (including phenoxy) is 2. The van der Waals surface area contributed by atoms with Crippen molar-refractivity contribution in [2.75, 3.05) is 13.2 Å². The van der Waals surface area contributed by atoms with Gasteiger partial charge in [-0.25, -0.2) is 4.99 Å². The number of rotatable bonds is 1. The summed E-state index contributed by atoms with van der Waals surface area (Å²) >= 11 is 0. The maximum Gasteiger partial charge on any atom is 0.211 e. The Kier molecular flexibility index (Phi) is 2.38. The summed E-state index contributed by atoms with van der Waals surface area (Å²) in [5.74, 6) is 0.714. The lowest BCUT2D eigenvalue weighted by atomic mass is 10.1. The molecule has 1 unspecified atom stereocenters. The van der Waals surface area contributed by atoms with E-state index in [4.69, 9.17) is 20.9 Å². The molecule has 0 amide bonds. The first kappa shape index (κ1) is 10.9. The third-order valence-electron chi connectivity index (χ3n) is 2.85. The van der Waals surface area contributed by atoms with Crippen molar-refractivity contribution in [3.63, 3.8) is 0 Å². The van der Waals surface area contributed by atoms with Crippen LogP contribution in [-0.4, -0.2) is 19.0 Å². The van der Waals surface area contributed by atoms with Gasteiger partial charge in [-0.3, -0.25) is 5.73 Å². The average Bonchev–Trinajstić information content (AvgIpc) is 2.38. The second-order valence-electron chi connectivity index (χ2n) is 4.14. The van der Waals surface area contributed by atoms with Crippen molar-refractivity contribution in [2.45, 2.75) is 5.79 Å². The Bertz CT molecular complexity index is 541. The summed E-state index contributed by atoms with van der Waals surface area (Å²) in [6, 6.07) is 5.48. The summed E-state index contributed by atoms with van der Waals surface area (Å²) in [5.41, 5.74) is 12.6. The number of nitrogens with one attached hydrogen (secondary N) is 1. The smallest absolute Gasteiger partial charge is 0.211 e. The zero-order chi connectivity index (χ0) is 12.6. The van der Waals surface area contributed by atoms with Crippen molar-refractivity contribution < 1.29 is 9.47 Å². The summed E-state index contributed by atoms with van der Waals surface area (Å²) in [4.78, 5) is 4.21. The van der Waals surface area contributed by atoms with E-state index >= 15 is 0 Å². The first-order chi connectivity index (χ1) is 8.67. The van der Waals surface area contributed by atoms with Gasteiger partial charge in [0.25, 0.3) is 0 Å². The molecule has 1 aromatic rings. The second-order valence-corrected chi connectivity index (χ2v) is 4.14. The molecule has 2 aliphatic heterocycles. The highest BCUT2D eigenvalue weighted by Gasteiger charge is 2.29. The Morgan fingerprint density at radius 2 is 2.00 bits per heavy atom. The van der Waals surface area contributed by atoms with E-state index < -0.39 is 5.79 Å². The zero-order valence-electron chi connectivity index (χ0n) is 9.72. The van der Waals surface area contributed by atoms with Crippen LogP contribution in [0.25, 0.3) is 0 Å². The van der Waals surface area contributed by atoms with Gasteiger partial charge in [0, 0.05) is 11.8 Å². The minimum atomic E-state index is -1.06. The molecule has 2 heterocycles. The lowest BCUT2D eigenvalue weighted by Gasteiger charge is -2.30. The van der Waals surface area contributed by atoms with Crippen molar-refractivity contribution in [1.82, 2.24) is 5.32 Å². The molecule has 0 aliphatic carbocycles. The Balaban J connectivity index is 2.00. The fourth-order valence-electron chi connectivity index (χ4n) is 1.96. The van der Waals surface area contributed by atoms with Crippen molar-refractivity contribution in [3.05, 3.63) is 36.0 Å². The largest absolute Gasteiger partial charge is 0.486 e. The topological polar surface area (TPSA) is 94.9 Å². The van der Waals surface area contributed by atoms with Crippen LogP contribution in [0.15, 0.2) is 35.5 Å². The number of hydrogen-bond acceptors (Lipinski definition) is 6. The summed E-state index contributed by atoms with van der Waals surface area (Å²) < 4.78 is 11.0. The number of amidine groups is 1. The molecule has 0 saturated carbocycles. The van der Waals surface area contributed by atoms with E-state index in [0.29, 0.717) is 24.8 Å². The minimum absolute atomic E-state index is 0.381. The van der Waals surface area contributed by atoms with Crippen molar-refractivity contribution in [1.29, 1.82) is 0 Å². The fourth-order valence-corrected chi connectivity index (χ4v) is 1.96. The van der Waals surface area contributed by atoms with E-state index in [9.17, 15) is 0 Å².